The maximum absolute atomic E-state index is 11.9. The van der Waals surface area contributed by atoms with Crippen molar-refractivity contribution in [2.45, 2.75) is 5.51 Å². The van der Waals surface area contributed by atoms with Crippen molar-refractivity contribution in [2.75, 3.05) is 0 Å². The van der Waals surface area contributed by atoms with Gasteiger partial charge in [0.1, 0.15) is 0 Å². The van der Waals surface area contributed by atoms with Crippen molar-refractivity contribution >= 4 is 21.7 Å². The van der Waals surface area contributed by atoms with E-state index < -0.39 is 21.4 Å². The zero-order chi connectivity index (χ0) is 11.7. The fraction of sp³-hybridized carbons (Fsp3) is 0.143. The maximum Gasteiger partial charge on any atom is 0.534 e. The molecule has 0 atom stereocenters. The summed E-state index contributed by atoms with van der Waals surface area (Å²) >= 11 is 5.37. The normalized spacial score (nSPS) is 12.0. The Balaban J connectivity index is 3.03. The topological polar surface area (TPSA) is 43.4 Å². The molecule has 0 heterocycles. The third kappa shape index (κ3) is 2.67. The molecule has 0 spiro atoms. The molecule has 1 rings (SSSR count). The number of hydrogen-bond acceptors (Lipinski definition) is 3. The molecule has 0 aliphatic rings. The van der Waals surface area contributed by atoms with Crippen LogP contribution in [0, 0.1) is 12.1 Å². The van der Waals surface area contributed by atoms with Crippen LogP contribution in [-0.4, -0.2) is 13.9 Å². The molecular weight excluding hydrogens is 257 g/mol. The minimum absolute atomic E-state index is 0.304. The van der Waals surface area contributed by atoms with Crippen molar-refractivity contribution in [3.8, 4) is 5.75 Å². The highest BCUT2D eigenvalue weighted by Gasteiger charge is 2.48. The molecule has 0 aliphatic heterocycles. The molecule has 0 saturated heterocycles. The van der Waals surface area contributed by atoms with E-state index in [9.17, 15) is 21.6 Å². The summed E-state index contributed by atoms with van der Waals surface area (Å²) in [6.07, 6.45) is 0. The lowest BCUT2D eigenvalue weighted by Crippen LogP contribution is -2.28. The fourth-order valence-corrected chi connectivity index (χ4v) is 1.21. The molecule has 0 aliphatic carbocycles. The van der Waals surface area contributed by atoms with Gasteiger partial charge in [0.2, 0.25) is 5.75 Å². The average molecular weight is 259 g/mol. The summed E-state index contributed by atoms with van der Waals surface area (Å²) in [5.74, 6) is -0.739. The van der Waals surface area contributed by atoms with Crippen molar-refractivity contribution in [3.63, 3.8) is 0 Å². The van der Waals surface area contributed by atoms with Crippen molar-refractivity contribution in [1.29, 1.82) is 0 Å². The zero-order valence-electron chi connectivity index (χ0n) is 6.80. The first-order valence-corrected chi connectivity index (χ1v) is 5.11. The third-order valence-electron chi connectivity index (χ3n) is 1.19. The molecular formula is C7H2ClF3O3S. The molecule has 82 valence electrons. The summed E-state index contributed by atoms with van der Waals surface area (Å²) in [5.41, 5.74) is -5.50. The molecule has 15 heavy (non-hydrogen) atoms. The Hall–Kier alpha value is -1.13. The van der Waals surface area contributed by atoms with E-state index in [0.717, 1.165) is 6.07 Å². The van der Waals surface area contributed by atoms with Crippen LogP contribution in [0.25, 0.3) is 0 Å². The van der Waals surface area contributed by atoms with Gasteiger partial charge in [-0.05, 0) is 18.2 Å². The van der Waals surface area contributed by atoms with E-state index in [0.29, 0.717) is 0 Å². The van der Waals surface area contributed by atoms with Gasteiger partial charge < -0.3 is 4.18 Å². The van der Waals surface area contributed by atoms with Crippen molar-refractivity contribution in [2.24, 2.45) is 0 Å². The van der Waals surface area contributed by atoms with Crippen molar-refractivity contribution in [3.05, 3.63) is 29.3 Å². The lowest BCUT2D eigenvalue weighted by Gasteiger charge is -2.08. The van der Waals surface area contributed by atoms with Crippen LogP contribution in [0.15, 0.2) is 12.1 Å². The molecule has 0 aromatic heterocycles. The lowest BCUT2D eigenvalue weighted by molar-refractivity contribution is -0.0500. The molecule has 0 N–H and O–H groups in total. The first-order chi connectivity index (χ1) is 6.74. The quantitative estimate of drug-likeness (QED) is 0.603. The Morgan fingerprint density at radius 2 is 2.00 bits per heavy atom. The molecule has 1 aromatic carbocycles. The number of rotatable bonds is 2. The monoisotopic (exact) mass is 258 g/mol. The second kappa shape index (κ2) is 3.79. The predicted octanol–water partition coefficient (Wildman–Crippen LogP) is 2.17. The molecule has 0 amide bonds. The van der Waals surface area contributed by atoms with Gasteiger partial charge in [-0.3, -0.25) is 0 Å². The van der Waals surface area contributed by atoms with Crippen LogP contribution in [0.5, 0.6) is 5.75 Å². The zero-order valence-corrected chi connectivity index (χ0v) is 8.37. The van der Waals surface area contributed by atoms with Crippen molar-refractivity contribution < 1.29 is 25.8 Å². The van der Waals surface area contributed by atoms with E-state index in [1.165, 1.54) is 6.07 Å². The summed E-state index contributed by atoms with van der Waals surface area (Å²) in [6.45, 7) is 0. The summed E-state index contributed by atoms with van der Waals surface area (Å²) < 4.78 is 60.4. The lowest BCUT2D eigenvalue weighted by atomic mass is 10.4. The second-order valence-electron chi connectivity index (χ2n) is 2.26. The summed E-state index contributed by atoms with van der Waals surface area (Å²) in [4.78, 5) is 0. The van der Waals surface area contributed by atoms with E-state index >= 15 is 0 Å². The van der Waals surface area contributed by atoms with Gasteiger partial charge in [-0.2, -0.15) is 21.6 Å². The van der Waals surface area contributed by atoms with Crippen LogP contribution in [0.4, 0.5) is 13.2 Å². The molecule has 1 aromatic rings. The standard InChI is InChI=1S/C7H2ClF3O3S/c8-5-3-1-2-4-6(5)14-15(12,13)7(9,10)11/h1,3H. The van der Waals surface area contributed by atoms with Gasteiger partial charge in [0, 0.05) is 0 Å². The minimum atomic E-state index is -5.71. The van der Waals surface area contributed by atoms with E-state index in [4.69, 9.17) is 11.6 Å². The summed E-state index contributed by atoms with van der Waals surface area (Å²) in [7, 11) is -5.71. The van der Waals surface area contributed by atoms with Crippen LogP contribution >= 0.6 is 11.6 Å². The van der Waals surface area contributed by atoms with Gasteiger partial charge in [0.25, 0.3) is 0 Å². The van der Waals surface area contributed by atoms with Crippen LogP contribution < -0.4 is 4.18 Å². The van der Waals surface area contributed by atoms with Crippen molar-refractivity contribution in [1.82, 2.24) is 0 Å². The maximum atomic E-state index is 11.9. The Bertz CT molecular complexity index is 455. The van der Waals surface area contributed by atoms with Gasteiger partial charge in [-0.15, -0.1) is 0 Å². The Morgan fingerprint density at radius 3 is 2.47 bits per heavy atom. The SMILES string of the molecule is O=S(=O)(Oc1c#cccc1Cl)C(F)(F)F. The van der Waals surface area contributed by atoms with E-state index in [1.54, 1.807) is 0 Å². The summed E-state index contributed by atoms with van der Waals surface area (Å²) in [6, 6.07) is 6.59. The van der Waals surface area contributed by atoms with E-state index in [-0.39, 0.29) is 5.02 Å². The first-order valence-electron chi connectivity index (χ1n) is 3.32. The molecule has 8 heteroatoms. The molecule has 0 saturated carbocycles. The van der Waals surface area contributed by atoms with Gasteiger partial charge >= 0.3 is 15.6 Å². The second-order valence-corrected chi connectivity index (χ2v) is 4.21. The molecule has 0 radical (unpaired) electrons. The molecule has 3 nitrogen and oxygen atoms in total. The Labute approximate surface area is 88.5 Å². The Morgan fingerprint density at radius 1 is 1.40 bits per heavy atom. The van der Waals surface area contributed by atoms with Gasteiger partial charge in [-0.25, -0.2) is 0 Å². The minimum Gasteiger partial charge on any atom is -0.365 e. The molecule has 0 fully saturated rings. The third-order valence-corrected chi connectivity index (χ3v) is 2.44. The van der Waals surface area contributed by atoms with Crippen LogP contribution in [0.2, 0.25) is 5.02 Å². The number of hydrogen-bond donors (Lipinski definition) is 0. The Kier molecular flexibility index (Phi) is 3.02. The highest BCUT2D eigenvalue weighted by molar-refractivity contribution is 7.88. The van der Waals surface area contributed by atoms with E-state index in [1.807, 2.05) is 6.07 Å². The smallest absolute Gasteiger partial charge is 0.365 e. The van der Waals surface area contributed by atoms with Crippen LogP contribution in [-0.2, 0) is 10.1 Å². The van der Waals surface area contributed by atoms with Crippen LogP contribution in [0.1, 0.15) is 0 Å². The number of halogens is 4. The predicted molar refractivity (Wildman–Crippen MR) is 44.7 cm³/mol. The van der Waals surface area contributed by atoms with Crippen LogP contribution in [0.3, 0.4) is 0 Å². The fourth-order valence-electron chi connectivity index (χ4n) is 0.575. The summed E-state index contributed by atoms with van der Waals surface area (Å²) in [5, 5.41) is -0.304. The molecule has 0 bridgehead atoms. The van der Waals surface area contributed by atoms with Gasteiger partial charge in [-0.1, -0.05) is 17.7 Å². The first kappa shape index (κ1) is 11.9. The highest BCUT2D eigenvalue weighted by Crippen LogP contribution is 2.29. The largest absolute Gasteiger partial charge is 0.534 e. The highest BCUT2D eigenvalue weighted by atomic mass is 35.5. The molecule has 0 unspecified atom stereocenters. The number of alkyl halides is 3. The van der Waals surface area contributed by atoms with Gasteiger partial charge in [0.05, 0.1) is 5.02 Å². The van der Waals surface area contributed by atoms with E-state index in [2.05, 4.69) is 10.2 Å². The average Bonchev–Trinajstić information content (AvgIpc) is 2.06. The van der Waals surface area contributed by atoms with Gasteiger partial charge in [0.15, 0.2) is 0 Å².